The lowest BCUT2D eigenvalue weighted by molar-refractivity contribution is 0.156. The number of hydrogen-bond donors (Lipinski definition) is 2. The number of rotatable bonds is 6. The second-order valence-corrected chi connectivity index (χ2v) is 5.82. The maximum atomic E-state index is 11.7. The Labute approximate surface area is 114 Å². The number of nitrogens with one attached hydrogen (secondary N) is 1. The summed E-state index contributed by atoms with van der Waals surface area (Å²) in [6.45, 7) is -0.235. The molecule has 2 aromatic heterocycles. The van der Waals surface area contributed by atoms with Crippen molar-refractivity contribution in [3.63, 3.8) is 0 Å². The maximum absolute atomic E-state index is 11.7. The minimum atomic E-state index is -3.77. The summed E-state index contributed by atoms with van der Waals surface area (Å²) in [6.07, 6.45) is 2.51. The molecule has 108 valence electrons. The molecular formula is C11H13N3O5S. The summed E-state index contributed by atoms with van der Waals surface area (Å²) in [5.74, 6) is 0. The highest BCUT2D eigenvalue weighted by Gasteiger charge is 2.18. The van der Waals surface area contributed by atoms with Gasteiger partial charge in [-0.2, -0.15) is 0 Å². The first-order valence-electron chi connectivity index (χ1n) is 5.71. The normalized spacial score (nSPS) is 13.2. The minimum Gasteiger partial charge on any atom is -0.390 e. The molecule has 0 aliphatic rings. The van der Waals surface area contributed by atoms with Crippen molar-refractivity contribution in [3.05, 3.63) is 47.2 Å². The van der Waals surface area contributed by atoms with E-state index in [2.05, 4.69) is 14.4 Å². The Balaban J connectivity index is 1.95. The van der Waals surface area contributed by atoms with E-state index < -0.39 is 16.1 Å². The lowest BCUT2D eigenvalue weighted by Gasteiger charge is -2.12. The highest BCUT2D eigenvalue weighted by molar-refractivity contribution is 7.89. The Morgan fingerprint density at radius 1 is 1.45 bits per heavy atom. The summed E-state index contributed by atoms with van der Waals surface area (Å²) in [5, 5.41) is 13.1. The van der Waals surface area contributed by atoms with Crippen LogP contribution in [-0.4, -0.2) is 35.9 Å². The standard InChI is InChI=1S/C11H13N3O5S/c15-9(7-14-4-2-1-3-11(14)16)5-13-20(17,18)10-6-12-19-8-10/h1-4,6,8-9,13,15H,5,7H2. The minimum absolute atomic E-state index is 0.00810. The van der Waals surface area contributed by atoms with E-state index in [0.717, 1.165) is 12.5 Å². The lowest BCUT2D eigenvalue weighted by Crippen LogP contribution is -2.36. The number of nitrogens with zero attached hydrogens (tertiary/aromatic N) is 2. The second-order valence-electron chi connectivity index (χ2n) is 4.06. The summed E-state index contributed by atoms with van der Waals surface area (Å²) in [6, 6.07) is 4.59. The predicted molar refractivity (Wildman–Crippen MR) is 68.4 cm³/mol. The van der Waals surface area contributed by atoms with Gasteiger partial charge in [-0.15, -0.1) is 0 Å². The summed E-state index contributed by atoms with van der Waals surface area (Å²) in [7, 11) is -3.77. The van der Waals surface area contributed by atoms with Crippen LogP contribution in [0.5, 0.6) is 0 Å². The zero-order valence-electron chi connectivity index (χ0n) is 10.3. The summed E-state index contributed by atoms with van der Waals surface area (Å²) in [5.41, 5.74) is -0.270. The molecule has 0 saturated heterocycles. The Kier molecular flexibility index (Phi) is 4.32. The third kappa shape index (κ3) is 3.53. The second kappa shape index (κ2) is 5.99. The van der Waals surface area contributed by atoms with Crippen LogP contribution in [0.2, 0.25) is 0 Å². The van der Waals surface area contributed by atoms with E-state index >= 15 is 0 Å². The smallest absolute Gasteiger partial charge is 0.250 e. The molecule has 2 N–H and O–H groups in total. The largest absolute Gasteiger partial charge is 0.390 e. The molecule has 9 heteroatoms. The zero-order chi connectivity index (χ0) is 14.6. The van der Waals surface area contributed by atoms with Gasteiger partial charge in [0, 0.05) is 18.8 Å². The number of aliphatic hydroxyl groups excluding tert-OH is 1. The summed E-state index contributed by atoms with van der Waals surface area (Å²) >= 11 is 0. The number of hydrogen-bond acceptors (Lipinski definition) is 6. The van der Waals surface area contributed by atoms with E-state index in [1.807, 2.05) is 0 Å². The van der Waals surface area contributed by atoms with E-state index in [1.54, 1.807) is 12.1 Å². The molecule has 0 aliphatic heterocycles. The number of sulfonamides is 1. The van der Waals surface area contributed by atoms with Gasteiger partial charge in [0.2, 0.25) is 10.0 Å². The van der Waals surface area contributed by atoms with Gasteiger partial charge in [0.1, 0.15) is 11.2 Å². The first kappa shape index (κ1) is 14.4. The molecular weight excluding hydrogens is 286 g/mol. The van der Waals surface area contributed by atoms with Crippen molar-refractivity contribution < 1.29 is 18.0 Å². The van der Waals surface area contributed by atoms with Gasteiger partial charge in [-0.25, -0.2) is 13.1 Å². The summed E-state index contributed by atoms with van der Waals surface area (Å²) in [4.78, 5) is 11.3. The molecule has 1 unspecified atom stereocenters. The Morgan fingerprint density at radius 2 is 2.25 bits per heavy atom. The first-order chi connectivity index (χ1) is 9.49. The van der Waals surface area contributed by atoms with Crippen molar-refractivity contribution in [1.82, 2.24) is 14.4 Å². The van der Waals surface area contributed by atoms with Crippen LogP contribution in [0.25, 0.3) is 0 Å². The molecule has 0 fully saturated rings. The van der Waals surface area contributed by atoms with Crippen LogP contribution < -0.4 is 10.3 Å². The van der Waals surface area contributed by atoms with Gasteiger partial charge in [-0.1, -0.05) is 11.2 Å². The van der Waals surface area contributed by atoms with Crippen LogP contribution in [0.4, 0.5) is 0 Å². The molecule has 8 nitrogen and oxygen atoms in total. The molecule has 0 spiro atoms. The van der Waals surface area contributed by atoms with Crippen LogP contribution >= 0.6 is 0 Å². The maximum Gasteiger partial charge on any atom is 0.250 e. The number of pyridine rings is 1. The van der Waals surface area contributed by atoms with Crippen molar-refractivity contribution in [3.8, 4) is 0 Å². The average Bonchev–Trinajstić information content (AvgIpc) is 2.94. The fraction of sp³-hybridized carbons (Fsp3) is 0.273. The van der Waals surface area contributed by atoms with Gasteiger partial charge in [-0.3, -0.25) is 4.79 Å². The van der Waals surface area contributed by atoms with Crippen molar-refractivity contribution >= 4 is 10.0 Å². The first-order valence-corrected chi connectivity index (χ1v) is 7.20. The number of aliphatic hydroxyl groups is 1. The van der Waals surface area contributed by atoms with Gasteiger partial charge in [0.15, 0.2) is 0 Å². The third-order valence-electron chi connectivity index (χ3n) is 2.54. The van der Waals surface area contributed by atoms with Gasteiger partial charge in [0.25, 0.3) is 5.56 Å². The van der Waals surface area contributed by atoms with Crippen LogP contribution in [-0.2, 0) is 16.6 Å². The van der Waals surface area contributed by atoms with Crippen molar-refractivity contribution in [1.29, 1.82) is 0 Å². The van der Waals surface area contributed by atoms with Crippen LogP contribution in [0.15, 0.2) is 51.1 Å². The number of aromatic nitrogens is 2. The zero-order valence-corrected chi connectivity index (χ0v) is 11.2. The van der Waals surface area contributed by atoms with E-state index in [4.69, 9.17) is 0 Å². The van der Waals surface area contributed by atoms with Crippen LogP contribution in [0, 0.1) is 0 Å². The predicted octanol–water partition coefficient (Wildman–Crippen LogP) is -0.824. The molecule has 0 aromatic carbocycles. The molecule has 0 bridgehead atoms. The molecule has 2 aromatic rings. The highest BCUT2D eigenvalue weighted by atomic mass is 32.2. The lowest BCUT2D eigenvalue weighted by atomic mass is 10.3. The molecule has 2 heterocycles. The van der Waals surface area contributed by atoms with Crippen LogP contribution in [0.3, 0.4) is 0 Å². The summed E-state index contributed by atoms with van der Waals surface area (Å²) < 4.78 is 31.4. The monoisotopic (exact) mass is 299 g/mol. The molecule has 20 heavy (non-hydrogen) atoms. The van der Waals surface area contributed by atoms with E-state index in [1.165, 1.54) is 16.8 Å². The molecule has 0 amide bonds. The molecule has 0 saturated carbocycles. The van der Waals surface area contributed by atoms with Crippen LogP contribution in [0.1, 0.15) is 0 Å². The molecule has 0 radical (unpaired) electrons. The Hall–Kier alpha value is -1.97. The Morgan fingerprint density at radius 3 is 2.90 bits per heavy atom. The quantitative estimate of drug-likeness (QED) is 0.720. The van der Waals surface area contributed by atoms with Gasteiger partial charge in [-0.05, 0) is 6.07 Å². The fourth-order valence-electron chi connectivity index (χ4n) is 1.52. The van der Waals surface area contributed by atoms with Gasteiger partial charge < -0.3 is 14.2 Å². The topological polar surface area (TPSA) is 114 Å². The SMILES string of the molecule is O=c1ccccn1CC(O)CNS(=O)(=O)c1cnoc1. The highest BCUT2D eigenvalue weighted by Crippen LogP contribution is 2.05. The van der Waals surface area contributed by atoms with E-state index in [-0.39, 0.29) is 23.5 Å². The van der Waals surface area contributed by atoms with Gasteiger partial charge in [0.05, 0.1) is 18.8 Å². The molecule has 2 rings (SSSR count). The van der Waals surface area contributed by atoms with E-state index in [9.17, 15) is 18.3 Å². The molecule has 1 atom stereocenters. The van der Waals surface area contributed by atoms with Gasteiger partial charge >= 0.3 is 0 Å². The third-order valence-corrected chi connectivity index (χ3v) is 3.90. The van der Waals surface area contributed by atoms with E-state index in [0.29, 0.717) is 0 Å². The Bertz CT molecular complexity index is 708. The van der Waals surface area contributed by atoms with Crippen molar-refractivity contribution in [2.24, 2.45) is 0 Å². The van der Waals surface area contributed by atoms with Crippen molar-refractivity contribution in [2.75, 3.05) is 6.54 Å². The van der Waals surface area contributed by atoms with Crippen molar-refractivity contribution in [2.45, 2.75) is 17.5 Å². The fourth-order valence-corrected chi connectivity index (χ4v) is 2.45. The average molecular weight is 299 g/mol. The molecule has 0 aliphatic carbocycles.